The van der Waals surface area contributed by atoms with Gasteiger partial charge in [0.25, 0.3) is 0 Å². The number of likely N-dealkylation sites (tertiary alicyclic amines) is 1. The van der Waals surface area contributed by atoms with Crippen molar-refractivity contribution in [3.05, 3.63) is 35.6 Å². The highest BCUT2D eigenvalue weighted by Crippen LogP contribution is 2.13. The Morgan fingerprint density at radius 1 is 1.43 bits per heavy atom. The number of nitrogens with one attached hydrogen (secondary N) is 2. The van der Waals surface area contributed by atoms with E-state index in [2.05, 4.69) is 27.6 Å². The van der Waals surface area contributed by atoms with Crippen LogP contribution in [0.3, 0.4) is 0 Å². The molecule has 0 aromatic heterocycles. The van der Waals surface area contributed by atoms with E-state index in [1.807, 2.05) is 6.07 Å². The lowest BCUT2D eigenvalue weighted by Crippen LogP contribution is -2.44. The number of hydrogen-bond donors (Lipinski definition) is 2. The van der Waals surface area contributed by atoms with Gasteiger partial charge in [-0.25, -0.2) is 4.39 Å². The molecule has 0 amide bonds. The third-order valence-electron chi connectivity index (χ3n) is 4.00. The van der Waals surface area contributed by atoms with Crippen LogP contribution in [0.25, 0.3) is 0 Å². The van der Waals surface area contributed by atoms with Crippen LogP contribution in [0.5, 0.6) is 0 Å². The Bertz CT molecular complexity index is 475. The summed E-state index contributed by atoms with van der Waals surface area (Å²) in [7, 11) is 3.94. The van der Waals surface area contributed by atoms with Gasteiger partial charge in [0, 0.05) is 26.2 Å². The smallest absolute Gasteiger partial charge is 0.191 e. The van der Waals surface area contributed by atoms with Crippen LogP contribution in [0.4, 0.5) is 4.39 Å². The molecule has 2 rings (SSSR count). The molecule has 0 bridgehead atoms. The molecule has 0 saturated carbocycles. The van der Waals surface area contributed by atoms with Crippen LogP contribution in [-0.4, -0.2) is 50.6 Å². The number of hydrogen-bond acceptors (Lipinski definition) is 2. The van der Waals surface area contributed by atoms with Crippen molar-refractivity contribution in [1.29, 1.82) is 0 Å². The maximum atomic E-state index is 13.1. The first-order chi connectivity index (χ1) is 10.2. The zero-order chi connectivity index (χ0) is 15.1. The summed E-state index contributed by atoms with van der Waals surface area (Å²) in [4.78, 5) is 6.61. The largest absolute Gasteiger partial charge is 0.356 e. The quantitative estimate of drug-likeness (QED) is 0.640. The molecule has 21 heavy (non-hydrogen) atoms. The zero-order valence-corrected chi connectivity index (χ0v) is 12.9. The van der Waals surface area contributed by atoms with Crippen LogP contribution in [0.1, 0.15) is 18.4 Å². The summed E-state index contributed by atoms with van der Waals surface area (Å²) in [5.41, 5.74) is 0.994. The summed E-state index contributed by atoms with van der Waals surface area (Å²) < 4.78 is 13.1. The van der Waals surface area contributed by atoms with Gasteiger partial charge in [0.15, 0.2) is 5.96 Å². The van der Waals surface area contributed by atoms with E-state index in [9.17, 15) is 4.39 Å². The predicted octanol–water partition coefficient (Wildman–Crippen LogP) is 1.63. The van der Waals surface area contributed by atoms with Crippen molar-refractivity contribution in [2.75, 3.05) is 33.7 Å². The fraction of sp³-hybridized carbons (Fsp3) is 0.562. The van der Waals surface area contributed by atoms with Crippen molar-refractivity contribution >= 4 is 5.96 Å². The zero-order valence-electron chi connectivity index (χ0n) is 12.9. The molecular weight excluding hydrogens is 267 g/mol. The van der Waals surface area contributed by atoms with Gasteiger partial charge in [-0.15, -0.1) is 0 Å². The first-order valence-electron chi connectivity index (χ1n) is 7.58. The molecule has 1 aromatic rings. The van der Waals surface area contributed by atoms with E-state index in [0.717, 1.165) is 31.0 Å². The van der Waals surface area contributed by atoms with E-state index < -0.39 is 0 Å². The Balaban J connectivity index is 1.70. The number of aliphatic imine (C=N–C) groups is 1. The Morgan fingerprint density at radius 3 is 2.95 bits per heavy atom. The van der Waals surface area contributed by atoms with E-state index in [1.54, 1.807) is 19.2 Å². The monoisotopic (exact) mass is 292 g/mol. The number of halogens is 1. The number of benzene rings is 1. The summed E-state index contributed by atoms with van der Waals surface area (Å²) in [5.74, 6) is 0.631. The maximum absolute atomic E-state index is 13.1. The SMILES string of the molecule is CN=C(NCCc1cccc(F)c1)NCC1CCCN1C. The van der Waals surface area contributed by atoms with Crippen LogP contribution in [0.2, 0.25) is 0 Å². The summed E-state index contributed by atoms with van der Waals surface area (Å²) in [5, 5.41) is 6.64. The second kappa shape index (κ2) is 7.98. The molecule has 1 aliphatic rings. The minimum atomic E-state index is -0.181. The highest BCUT2D eigenvalue weighted by Gasteiger charge is 2.20. The minimum Gasteiger partial charge on any atom is -0.356 e. The average molecular weight is 292 g/mol. The molecule has 4 nitrogen and oxygen atoms in total. The molecular formula is C16H25FN4. The summed E-state index contributed by atoms with van der Waals surface area (Å²) in [6, 6.07) is 7.31. The Morgan fingerprint density at radius 2 is 2.29 bits per heavy atom. The van der Waals surface area contributed by atoms with Crippen molar-refractivity contribution in [3.8, 4) is 0 Å². The van der Waals surface area contributed by atoms with Crippen LogP contribution in [0.15, 0.2) is 29.3 Å². The Kier molecular flexibility index (Phi) is 5.99. The summed E-state index contributed by atoms with van der Waals surface area (Å²) in [6.45, 7) is 2.83. The third-order valence-corrected chi connectivity index (χ3v) is 4.00. The lowest BCUT2D eigenvalue weighted by Gasteiger charge is -2.21. The fourth-order valence-corrected chi connectivity index (χ4v) is 2.69. The molecule has 1 aromatic carbocycles. The van der Waals surface area contributed by atoms with Gasteiger partial charge in [0.2, 0.25) is 0 Å². The normalized spacial score (nSPS) is 19.8. The standard InChI is InChI=1S/C16H25FN4/c1-18-16(20-12-15-7-4-10-21(15)2)19-9-8-13-5-3-6-14(17)11-13/h3,5-6,11,15H,4,7-10,12H2,1-2H3,(H2,18,19,20). The molecule has 1 unspecified atom stereocenters. The minimum absolute atomic E-state index is 0.181. The molecule has 5 heteroatoms. The van der Waals surface area contributed by atoms with Gasteiger partial charge in [-0.1, -0.05) is 12.1 Å². The number of likely N-dealkylation sites (N-methyl/N-ethyl adjacent to an activating group) is 1. The molecule has 1 heterocycles. The van der Waals surface area contributed by atoms with Gasteiger partial charge in [0.1, 0.15) is 5.82 Å². The van der Waals surface area contributed by atoms with Crippen LogP contribution < -0.4 is 10.6 Å². The second-order valence-electron chi connectivity index (χ2n) is 5.54. The van der Waals surface area contributed by atoms with Crippen LogP contribution >= 0.6 is 0 Å². The van der Waals surface area contributed by atoms with Crippen molar-refractivity contribution in [2.45, 2.75) is 25.3 Å². The van der Waals surface area contributed by atoms with Gasteiger partial charge < -0.3 is 15.5 Å². The first kappa shape index (κ1) is 15.8. The summed E-state index contributed by atoms with van der Waals surface area (Å²) >= 11 is 0. The topological polar surface area (TPSA) is 39.7 Å². The molecule has 2 N–H and O–H groups in total. The van der Waals surface area contributed by atoms with Crippen molar-refractivity contribution in [2.24, 2.45) is 4.99 Å². The van der Waals surface area contributed by atoms with Crippen molar-refractivity contribution in [1.82, 2.24) is 15.5 Å². The summed E-state index contributed by atoms with van der Waals surface area (Å²) in [6.07, 6.45) is 3.29. The van der Waals surface area contributed by atoms with Crippen molar-refractivity contribution in [3.63, 3.8) is 0 Å². The predicted molar refractivity (Wildman–Crippen MR) is 85.1 cm³/mol. The van der Waals surface area contributed by atoms with Gasteiger partial charge in [-0.05, 0) is 50.6 Å². The number of rotatable bonds is 5. The molecule has 1 fully saturated rings. The van der Waals surface area contributed by atoms with Crippen LogP contribution in [0, 0.1) is 5.82 Å². The van der Waals surface area contributed by atoms with Gasteiger partial charge in [0.05, 0.1) is 0 Å². The molecule has 1 saturated heterocycles. The molecule has 0 aliphatic carbocycles. The van der Waals surface area contributed by atoms with E-state index in [0.29, 0.717) is 6.04 Å². The second-order valence-corrected chi connectivity index (χ2v) is 5.54. The van der Waals surface area contributed by atoms with Crippen LogP contribution in [-0.2, 0) is 6.42 Å². The third kappa shape index (κ3) is 5.01. The maximum Gasteiger partial charge on any atom is 0.191 e. The first-order valence-corrected chi connectivity index (χ1v) is 7.58. The van der Waals surface area contributed by atoms with Gasteiger partial charge in [-0.2, -0.15) is 0 Å². The lowest BCUT2D eigenvalue weighted by molar-refractivity contribution is 0.309. The molecule has 0 spiro atoms. The highest BCUT2D eigenvalue weighted by atomic mass is 19.1. The van der Waals surface area contributed by atoms with E-state index in [1.165, 1.54) is 25.5 Å². The number of nitrogens with zero attached hydrogens (tertiary/aromatic N) is 2. The molecule has 1 aliphatic heterocycles. The van der Waals surface area contributed by atoms with E-state index >= 15 is 0 Å². The van der Waals surface area contributed by atoms with E-state index in [4.69, 9.17) is 0 Å². The highest BCUT2D eigenvalue weighted by molar-refractivity contribution is 5.79. The van der Waals surface area contributed by atoms with E-state index in [-0.39, 0.29) is 5.82 Å². The average Bonchev–Trinajstić information content (AvgIpc) is 2.88. The molecule has 0 radical (unpaired) electrons. The Hall–Kier alpha value is -1.62. The van der Waals surface area contributed by atoms with Gasteiger partial charge in [-0.3, -0.25) is 4.99 Å². The van der Waals surface area contributed by atoms with Gasteiger partial charge >= 0.3 is 0 Å². The molecule has 116 valence electrons. The fourth-order valence-electron chi connectivity index (χ4n) is 2.69. The lowest BCUT2D eigenvalue weighted by atomic mass is 10.1. The Labute approximate surface area is 126 Å². The number of guanidine groups is 1. The van der Waals surface area contributed by atoms with Crippen molar-refractivity contribution < 1.29 is 4.39 Å². The molecule has 1 atom stereocenters.